The highest BCUT2D eigenvalue weighted by atomic mass is 16.5. The molecular weight excluding hydrogens is 216 g/mol. The number of methoxy groups -OCH3 is 1. The number of hydrogen-bond acceptors (Lipinski definition) is 4. The van der Waals surface area contributed by atoms with Crippen LogP contribution in [0.3, 0.4) is 0 Å². The number of hydrogen-bond donors (Lipinski definition) is 2. The van der Waals surface area contributed by atoms with Crippen LogP contribution in [0.25, 0.3) is 0 Å². The summed E-state index contributed by atoms with van der Waals surface area (Å²) in [4.78, 5) is 2.29. The number of rotatable bonds is 3. The molecule has 1 aliphatic rings. The molecule has 4 heteroatoms. The van der Waals surface area contributed by atoms with Gasteiger partial charge in [-0.1, -0.05) is 6.07 Å². The molecule has 0 amide bonds. The Hall–Kier alpha value is -1.26. The van der Waals surface area contributed by atoms with Crippen LogP contribution in [-0.4, -0.2) is 38.4 Å². The Morgan fingerprint density at radius 1 is 1.35 bits per heavy atom. The van der Waals surface area contributed by atoms with E-state index in [4.69, 9.17) is 4.74 Å². The molecule has 1 heterocycles. The molecule has 0 unspecified atom stereocenters. The Balaban J connectivity index is 2.37. The van der Waals surface area contributed by atoms with Crippen molar-refractivity contribution in [3.63, 3.8) is 0 Å². The van der Waals surface area contributed by atoms with Crippen molar-refractivity contribution in [2.45, 2.75) is 13.0 Å². The third-order valence-electron chi connectivity index (χ3n) is 3.14. The quantitative estimate of drug-likeness (QED) is 0.826. The highest BCUT2D eigenvalue weighted by Gasteiger charge is 2.19. The molecule has 1 aromatic carbocycles. The number of benzene rings is 1. The van der Waals surface area contributed by atoms with E-state index in [2.05, 4.69) is 16.3 Å². The van der Waals surface area contributed by atoms with Crippen LogP contribution in [0.4, 0.5) is 5.69 Å². The van der Waals surface area contributed by atoms with Crippen LogP contribution in [0.15, 0.2) is 18.2 Å². The lowest BCUT2D eigenvalue weighted by molar-refractivity contribution is 0.194. The van der Waals surface area contributed by atoms with Crippen molar-refractivity contribution in [3.05, 3.63) is 23.8 Å². The molecule has 1 atom stereocenters. The van der Waals surface area contributed by atoms with Crippen molar-refractivity contribution >= 4 is 5.69 Å². The van der Waals surface area contributed by atoms with Gasteiger partial charge in [0.05, 0.1) is 13.2 Å². The molecule has 2 rings (SSSR count). The standard InChI is InChI=1S/C13H20N2O2/c1-10(16)13-11(4-3-5-12(13)17-2)15-8-6-14-7-9-15/h3-5,10,14,16H,6-9H2,1-2H3/t10-/m1/s1. The van der Waals surface area contributed by atoms with E-state index in [-0.39, 0.29) is 0 Å². The Bertz CT molecular complexity index is 374. The van der Waals surface area contributed by atoms with Crippen molar-refractivity contribution in [1.29, 1.82) is 0 Å². The van der Waals surface area contributed by atoms with Gasteiger partial charge in [0.1, 0.15) is 5.75 Å². The summed E-state index contributed by atoms with van der Waals surface area (Å²) in [5.74, 6) is 0.760. The number of nitrogens with one attached hydrogen (secondary N) is 1. The zero-order valence-corrected chi connectivity index (χ0v) is 10.4. The summed E-state index contributed by atoms with van der Waals surface area (Å²) in [6.45, 7) is 5.68. The molecule has 0 saturated carbocycles. The molecule has 4 nitrogen and oxygen atoms in total. The van der Waals surface area contributed by atoms with Gasteiger partial charge in [0.2, 0.25) is 0 Å². The van der Waals surface area contributed by atoms with E-state index in [0.717, 1.165) is 43.2 Å². The zero-order valence-electron chi connectivity index (χ0n) is 10.4. The van der Waals surface area contributed by atoms with Crippen LogP contribution >= 0.6 is 0 Å². The first-order valence-corrected chi connectivity index (χ1v) is 6.04. The molecular formula is C13H20N2O2. The van der Waals surface area contributed by atoms with Crippen LogP contribution in [0.2, 0.25) is 0 Å². The average molecular weight is 236 g/mol. The lowest BCUT2D eigenvalue weighted by Gasteiger charge is -2.32. The summed E-state index contributed by atoms with van der Waals surface area (Å²) in [5, 5.41) is 13.3. The van der Waals surface area contributed by atoms with Gasteiger partial charge >= 0.3 is 0 Å². The third kappa shape index (κ3) is 2.53. The first-order valence-electron chi connectivity index (χ1n) is 6.04. The lowest BCUT2D eigenvalue weighted by Crippen LogP contribution is -2.44. The molecule has 17 heavy (non-hydrogen) atoms. The number of aliphatic hydroxyl groups excluding tert-OH is 1. The topological polar surface area (TPSA) is 44.7 Å². The van der Waals surface area contributed by atoms with Crippen molar-refractivity contribution in [2.75, 3.05) is 38.2 Å². The van der Waals surface area contributed by atoms with Crippen LogP contribution in [0.5, 0.6) is 5.75 Å². The number of aliphatic hydroxyl groups is 1. The van der Waals surface area contributed by atoms with E-state index in [0.29, 0.717) is 0 Å². The van der Waals surface area contributed by atoms with Gasteiger partial charge in [0.25, 0.3) is 0 Å². The molecule has 0 radical (unpaired) electrons. The zero-order chi connectivity index (χ0) is 12.3. The van der Waals surface area contributed by atoms with Gasteiger partial charge in [-0.15, -0.1) is 0 Å². The van der Waals surface area contributed by atoms with E-state index in [1.807, 2.05) is 12.1 Å². The fourth-order valence-electron chi connectivity index (χ4n) is 2.31. The van der Waals surface area contributed by atoms with E-state index in [9.17, 15) is 5.11 Å². The lowest BCUT2D eigenvalue weighted by atomic mass is 10.1. The van der Waals surface area contributed by atoms with Crippen molar-refractivity contribution in [3.8, 4) is 5.75 Å². The molecule has 94 valence electrons. The Morgan fingerprint density at radius 2 is 2.06 bits per heavy atom. The van der Waals surface area contributed by atoms with Crippen molar-refractivity contribution in [2.24, 2.45) is 0 Å². The van der Waals surface area contributed by atoms with Gasteiger partial charge in [-0.3, -0.25) is 0 Å². The minimum absolute atomic E-state index is 0.518. The van der Waals surface area contributed by atoms with E-state index >= 15 is 0 Å². The van der Waals surface area contributed by atoms with Crippen LogP contribution in [0, 0.1) is 0 Å². The fraction of sp³-hybridized carbons (Fsp3) is 0.538. The Labute approximate surface area is 102 Å². The second kappa shape index (κ2) is 5.38. The first-order chi connectivity index (χ1) is 8.24. The molecule has 0 bridgehead atoms. The minimum atomic E-state index is -0.518. The molecule has 2 N–H and O–H groups in total. The van der Waals surface area contributed by atoms with E-state index in [1.165, 1.54) is 0 Å². The summed E-state index contributed by atoms with van der Waals surface area (Å²) in [6.07, 6.45) is -0.518. The van der Waals surface area contributed by atoms with Crippen molar-refractivity contribution < 1.29 is 9.84 Å². The Kier molecular flexibility index (Phi) is 3.86. The predicted molar refractivity (Wildman–Crippen MR) is 68.7 cm³/mol. The molecule has 1 saturated heterocycles. The fourth-order valence-corrected chi connectivity index (χ4v) is 2.31. The highest BCUT2D eigenvalue weighted by molar-refractivity contribution is 5.60. The molecule has 1 aliphatic heterocycles. The van der Waals surface area contributed by atoms with Gasteiger partial charge in [-0.2, -0.15) is 0 Å². The number of nitrogens with zero attached hydrogens (tertiary/aromatic N) is 1. The molecule has 1 aromatic rings. The summed E-state index contributed by atoms with van der Waals surface area (Å²) in [6, 6.07) is 5.92. The Morgan fingerprint density at radius 3 is 2.65 bits per heavy atom. The SMILES string of the molecule is COc1cccc(N2CCNCC2)c1[C@@H](C)O. The van der Waals surface area contributed by atoms with E-state index in [1.54, 1.807) is 14.0 Å². The molecule has 1 fully saturated rings. The van der Waals surface area contributed by atoms with Gasteiger partial charge in [0.15, 0.2) is 0 Å². The number of ether oxygens (including phenoxy) is 1. The maximum absolute atomic E-state index is 9.92. The summed E-state index contributed by atoms with van der Waals surface area (Å²) in [5.41, 5.74) is 1.97. The second-order valence-electron chi connectivity index (χ2n) is 4.31. The van der Waals surface area contributed by atoms with Crippen LogP contribution in [-0.2, 0) is 0 Å². The van der Waals surface area contributed by atoms with Gasteiger partial charge in [0, 0.05) is 37.4 Å². The summed E-state index contributed by atoms with van der Waals surface area (Å²) < 4.78 is 5.34. The maximum atomic E-state index is 9.92. The molecule has 0 spiro atoms. The first kappa shape index (κ1) is 12.2. The van der Waals surface area contributed by atoms with Gasteiger partial charge in [-0.05, 0) is 19.1 Å². The maximum Gasteiger partial charge on any atom is 0.126 e. The van der Waals surface area contributed by atoms with Gasteiger partial charge in [-0.25, -0.2) is 0 Å². The largest absolute Gasteiger partial charge is 0.496 e. The second-order valence-corrected chi connectivity index (χ2v) is 4.31. The monoisotopic (exact) mass is 236 g/mol. The normalized spacial score (nSPS) is 17.9. The van der Waals surface area contributed by atoms with Crippen molar-refractivity contribution in [1.82, 2.24) is 5.32 Å². The highest BCUT2D eigenvalue weighted by Crippen LogP contribution is 2.34. The third-order valence-corrected chi connectivity index (χ3v) is 3.14. The smallest absolute Gasteiger partial charge is 0.126 e. The molecule has 0 aromatic heterocycles. The van der Waals surface area contributed by atoms with E-state index < -0.39 is 6.10 Å². The van der Waals surface area contributed by atoms with Crippen LogP contribution in [0.1, 0.15) is 18.6 Å². The number of piperazine rings is 1. The van der Waals surface area contributed by atoms with Crippen LogP contribution < -0.4 is 15.0 Å². The summed E-state index contributed by atoms with van der Waals surface area (Å²) in [7, 11) is 1.64. The van der Waals surface area contributed by atoms with Gasteiger partial charge < -0.3 is 20.1 Å². The predicted octanol–water partition coefficient (Wildman–Crippen LogP) is 1.16. The minimum Gasteiger partial charge on any atom is -0.496 e. The summed E-state index contributed by atoms with van der Waals surface area (Å²) >= 11 is 0. The average Bonchev–Trinajstić information content (AvgIpc) is 2.38. The number of anilines is 1. The molecule has 0 aliphatic carbocycles.